The molecule has 21 heavy (non-hydrogen) atoms. The molecule has 0 amide bonds. The predicted molar refractivity (Wildman–Crippen MR) is 79.5 cm³/mol. The molecule has 3 rings (SSSR count). The van der Waals surface area contributed by atoms with Crippen molar-refractivity contribution < 1.29 is 13.9 Å². The lowest BCUT2D eigenvalue weighted by molar-refractivity contribution is 0.0972. The second-order valence-electron chi connectivity index (χ2n) is 5.12. The fraction of sp³-hybridized carbons (Fsp3) is 0.235. The minimum atomic E-state index is -0.365. The van der Waals surface area contributed by atoms with Crippen LogP contribution in [-0.4, -0.2) is 5.78 Å². The summed E-state index contributed by atoms with van der Waals surface area (Å²) in [6.07, 6.45) is 2.41. The number of hydrogen-bond donors (Lipinski definition) is 0. The van der Waals surface area contributed by atoms with Crippen molar-refractivity contribution in [2.45, 2.75) is 25.9 Å². The van der Waals surface area contributed by atoms with E-state index in [4.69, 9.17) is 16.3 Å². The molecule has 0 saturated carbocycles. The lowest BCUT2D eigenvalue weighted by Gasteiger charge is -2.16. The molecule has 1 aliphatic rings. The van der Waals surface area contributed by atoms with Gasteiger partial charge >= 0.3 is 0 Å². The predicted octanol–water partition coefficient (Wildman–Crippen LogP) is 4.58. The van der Waals surface area contributed by atoms with E-state index in [1.54, 1.807) is 12.1 Å². The zero-order chi connectivity index (χ0) is 14.8. The summed E-state index contributed by atoms with van der Waals surface area (Å²) >= 11 is 5.97. The summed E-state index contributed by atoms with van der Waals surface area (Å²) in [6.45, 7) is 0.270. The van der Waals surface area contributed by atoms with E-state index < -0.39 is 0 Å². The van der Waals surface area contributed by atoms with Crippen molar-refractivity contribution in [3.05, 3.63) is 63.9 Å². The minimum Gasteiger partial charge on any atom is -0.489 e. The fourth-order valence-corrected chi connectivity index (χ4v) is 2.73. The van der Waals surface area contributed by atoms with Gasteiger partial charge < -0.3 is 4.74 Å². The quantitative estimate of drug-likeness (QED) is 0.830. The Hall–Kier alpha value is -1.87. The molecule has 0 spiro atoms. The lowest BCUT2D eigenvalue weighted by atomic mass is 9.90. The molecule has 0 saturated heterocycles. The van der Waals surface area contributed by atoms with Crippen molar-refractivity contribution in [1.82, 2.24) is 0 Å². The minimum absolute atomic E-state index is 0.198. The third-order valence-corrected chi connectivity index (χ3v) is 3.99. The Kier molecular flexibility index (Phi) is 3.93. The molecule has 0 aromatic heterocycles. The van der Waals surface area contributed by atoms with Crippen molar-refractivity contribution in [2.75, 3.05) is 0 Å². The van der Waals surface area contributed by atoms with E-state index in [0.29, 0.717) is 17.2 Å². The standard InChI is InChI=1S/C17H14ClFO2/c18-16-9-13(19)5-4-12(16)10-21-14-6-7-15-11(8-14)2-1-3-17(15)20/h4-9H,1-3,10H2. The second-order valence-corrected chi connectivity index (χ2v) is 5.53. The monoisotopic (exact) mass is 304 g/mol. The summed E-state index contributed by atoms with van der Waals surface area (Å²) in [5, 5.41) is 0.350. The molecular formula is C17H14ClFO2. The van der Waals surface area contributed by atoms with Gasteiger partial charge in [0, 0.05) is 17.5 Å². The van der Waals surface area contributed by atoms with Gasteiger partial charge in [0.25, 0.3) is 0 Å². The number of carbonyl (C=O) groups excluding carboxylic acids is 1. The average molecular weight is 305 g/mol. The molecule has 0 heterocycles. The van der Waals surface area contributed by atoms with E-state index in [1.165, 1.54) is 12.1 Å². The smallest absolute Gasteiger partial charge is 0.163 e. The number of benzene rings is 2. The second kappa shape index (κ2) is 5.86. The topological polar surface area (TPSA) is 26.3 Å². The van der Waals surface area contributed by atoms with Gasteiger partial charge in [0.1, 0.15) is 18.2 Å². The number of halogens is 2. The third-order valence-electron chi connectivity index (χ3n) is 3.64. The zero-order valence-electron chi connectivity index (χ0n) is 11.4. The van der Waals surface area contributed by atoms with Gasteiger partial charge in [-0.05, 0) is 48.7 Å². The van der Waals surface area contributed by atoms with Crippen LogP contribution >= 0.6 is 11.6 Å². The molecule has 2 aromatic rings. The van der Waals surface area contributed by atoms with Crippen LogP contribution in [0.4, 0.5) is 4.39 Å². The van der Waals surface area contributed by atoms with Crippen molar-refractivity contribution >= 4 is 17.4 Å². The molecule has 4 heteroatoms. The van der Waals surface area contributed by atoms with Crippen LogP contribution in [0, 0.1) is 5.82 Å². The summed E-state index contributed by atoms with van der Waals surface area (Å²) in [5.74, 6) is 0.532. The van der Waals surface area contributed by atoms with Gasteiger partial charge in [0.2, 0.25) is 0 Å². The van der Waals surface area contributed by atoms with Crippen LogP contribution < -0.4 is 4.74 Å². The van der Waals surface area contributed by atoms with Crippen LogP contribution in [0.5, 0.6) is 5.75 Å². The first-order valence-corrected chi connectivity index (χ1v) is 7.24. The lowest BCUT2D eigenvalue weighted by Crippen LogP contribution is -2.10. The van der Waals surface area contributed by atoms with E-state index in [0.717, 1.165) is 29.5 Å². The Morgan fingerprint density at radius 1 is 1.14 bits per heavy atom. The van der Waals surface area contributed by atoms with E-state index in [2.05, 4.69) is 0 Å². The first-order chi connectivity index (χ1) is 10.1. The number of ether oxygens (including phenoxy) is 1. The van der Waals surface area contributed by atoms with E-state index in [-0.39, 0.29) is 18.2 Å². The highest BCUT2D eigenvalue weighted by molar-refractivity contribution is 6.31. The van der Waals surface area contributed by atoms with Gasteiger partial charge in [-0.15, -0.1) is 0 Å². The highest BCUT2D eigenvalue weighted by atomic mass is 35.5. The summed E-state index contributed by atoms with van der Waals surface area (Å²) in [4.78, 5) is 11.8. The summed E-state index contributed by atoms with van der Waals surface area (Å²) < 4.78 is 18.7. The molecule has 1 aliphatic carbocycles. The van der Waals surface area contributed by atoms with Gasteiger partial charge in [-0.2, -0.15) is 0 Å². The number of ketones is 1. The summed E-state index contributed by atoms with van der Waals surface area (Å²) in [7, 11) is 0. The maximum Gasteiger partial charge on any atom is 0.163 e. The van der Waals surface area contributed by atoms with Gasteiger partial charge in [-0.3, -0.25) is 4.79 Å². The maximum absolute atomic E-state index is 13.0. The molecule has 2 nitrogen and oxygen atoms in total. The Morgan fingerprint density at radius 2 is 2.00 bits per heavy atom. The normalized spacial score (nSPS) is 13.9. The first kappa shape index (κ1) is 14.1. The Labute approximate surface area is 127 Å². The molecule has 2 aromatic carbocycles. The number of carbonyl (C=O) groups is 1. The van der Waals surface area contributed by atoms with Gasteiger partial charge in [0.05, 0.1) is 5.02 Å². The number of hydrogen-bond acceptors (Lipinski definition) is 2. The zero-order valence-corrected chi connectivity index (χ0v) is 12.1. The van der Waals surface area contributed by atoms with E-state index in [1.807, 2.05) is 12.1 Å². The number of aryl methyl sites for hydroxylation is 1. The van der Waals surface area contributed by atoms with Crippen LogP contribution in [0.3, 0.4) is 0 Å². The molecular weight excluding hydrogens is 291 g/mol. The Balaban J connectivity index is 1.75. The van der Waals surface area contributed by atoms with Crippen molar-refractivity contribution in [1.29, 1.82) is 0 Å². The van der Waals surface area contributed by atoms with Crippen molar-refractivity contribution in [2.24, 2.45) is 0 Å². The van der Waals surface area contributed by atoms with Crippen LogP contribution in [0.1, 0.15) is 34.3 Å². The number of fused-ring (bicyclic) bond motifs is 1. The van der Waals surface area contributed by atoms with E-state index in [9.17, 15) is 9.18 Å². The molecule has 0 radical (unpaired) electrons. The number of rotatable bonds is 3. The van der Waals surface area contributed by atoms with Gasteiger partial charge in [-0.1, -0.05) is 17.7 Å². The Morgan fingerprint density at radius 3 is 2.81 bits per heavy atom. The molecule has 0 fully saturated rings. The third kappa shape index (κ3) is 3.08. The van der Waals surface area contributed by atoms with Crippen molar-refractivity contribution in [3.8, 4) is 5.75 Å². The van der Waals surface area contributed by atoms with Crippen molar-refractivity contribution in [3.63, 3.8) is 0 Å². The Bertz CT molecular complexity index is 697. The summed E-state index contributed by atoms with van der Waals surface area (Å²) in [6, 6.07) is 9.75. The van der Waals surface area contributed by atoms with Gasteiger partial charge in [0.15, 0.2) is 5.78 Å². The van der Waals surface area contributed by atoms with Crippen LogP contribution in [0.15, 0.2) is 36.4 Å². The van der Waals surface area contributed by atoms with Crippen LogP contribution in [0.2, 0.25) is 5.02 Å². The summed E-state index contributed by atoms with van der Waals surface area (Å²) in [5.41, 5.74) is 2.56. The molecule has 0 N–H and O–H groups in total. The van der Waals surface area contributed by atoms with Crippen LogP contribution in [-0.2, 0) is 13.0 Å². The molecule has 0 atom stereocenters. The highest BCUT2D eigenvalue weighted by Gasteiger charge is 2.17. The van der Waals surface area contributed by atoms with Gasteiger partial charge in [-0.25, -0.2) is 4.39 Å². The maximum atomic E-state index is 13.0. The highest BCUT2D eigenvalue weighted by Crippen LogP contribution is 2.26. The SMILES string of the molecule is O=C1CCCc2cc(OCc3ccc(F)cc3Cl)ccc21. The number of Topliss-reactive ketones (excluding diaryl/α,β-unsaturated/α-hetero) is 1. The fourth-order valence-electron chi connectivity index (χ4n) is 2.51. The molecule has 0 bridgehead atoms. The first-order valence-electron chi connectivity index (χ1n) is 6.86. The molecule has 0 aliphatic heterocycles. The van der Waals surface area contributed by atoms with E-state index >= 15 is 0 Å². The average Bonchev–Trinajstić information content (AvgIpc) is 2.46. The molecule has 108 valence electrons. The van der Waals surface area contributed by atoms with Crippen LogP contribution in [0.25, 0.3) is 0 Å². The largest absolute Gasteiger partial charge is 0.489 e. The molecule has 0 unspecified atom stereocenters.